The van der Waals surface area contributed by atoms with Gasteiger partial charge in [-0.05, 0) is 54.3 Å². The van der Waals surface area contributed by atoms with Gasteiger partial charge in [0, 0.05) is 4.88 Å². The van der Waals surface area contributed by atoms with E-state index in [1.807, 2.05) is 24.4 Å². The van der Waals surface area contributed by atoms with Gasteiger partial charge in [0.1, 0.15) is 0 Å². The maximum atomic E-state index is 12.4. The second-order valence-corrected chi connectivity index (χ2v) is 7.50. The fourth-order valence-electron chi connectivity index (χ4n) is 2.53. The number of benzene rings is 2. The number of amides is 1. The number of halogens is 1. The fraction of sp³-hybridized carbons (Fsp3) is 0.136. The third-order valence-corrected chi connectivity index (χ3v) is 5.09. The Kier molecular flexibility index (Phi) is 7.59. The van der Waals surface area contributed by atoms with Gasteiger partial charge in [-0.15, -0.1) is 11.3 Å². The molecule has 0 bridgehead atoms. The van der Waals surface area contributed by atoms with Gasteiger partial charge in [0.05, 0.1) is 29.8 Å². The van der Waals surface area contributed by atoms with E-state index in [-0.39, 0.29) is 23.6 Å². The van der Waals surface area contributed by atoms with Crippen LogP contribution in [-0.2, 0) is 11.2 Å². The summed E-state index contributed by atoms with van der Waals surface area (Å²) < 4.78 is 11.0. The molecule has 1 N–H and O–H groups in total. The van der Waals surface area contributed by atoms with Crippen LogP contribution in [0, 0.1) is 0 Å². The highest BCUT2D eigenvalue weighted by Gasteiger charge is 2.15. The van der Waals surface area contributed by atoms with E-state index in [0.717, 1.165) is 4.88 Å². The molecule has 0 atom stereocenters. The highest BCUT2D eigenvalue weighted by molar-refractivity contribution is 7.10. The van der Waals surface area contributed by atoms with Crippen LogP contribution in [0.4, 0.5) is 0 Å². The average molecular weight is 443 g/mol. The van der Waals surface area contributed by atoms with Crippen molar-refractivity contribution in [2.75, 3.05) is 6.61 Å². The summed E-state index contributed by atoms with van der Waals surface area (Å²) >= 11 is 7.57. The Bertz CT molecular complexity index is 1050. The largest absolute Gasteiger partial charge is 0.490 e. The number of hydrogen-bond donors (Lipinski definition) is 1. The van der Waals surface area contributed by atoms with Crippen molar-refractivity contribution in [2.45, 2.75) is 13.3 Å². The van der Waals surface area contributed by atoms with Crippen molar-refractivity contribution in [1.82, 2.24) is 5.43 Å². The zero-order valence-electron chi connectivity index (χ0n) is 16.1. The topological polar surface area (TPSA) is 77.0 Å². The van der Waals surface area contributed by atoms with Crippen molar-refractivity contribution in [3.05, 3.63) is 81.0 Å². The number of nitrogens with one attached hydrogen (secondary N) is 1. The molecule has 8 heteroatoms. The van der Waals surface area contributed by atoms with Gasteiger partial charge in [0.2, 0.25) is 5.91 Å². The molecule has 0 fully saturated rings. The van der Waals surface area contributed by atoms with Gasteiger partial charge >= 0.3 is 5.97 Å². The molecule has 154 valence electrons. The van der Waals surface area contributed by atoms with Gasteiger partial charge in [0.15, 0.2) is 11.5 Å². The molecule has 1 aromatic heterocycles. The summed E-state index contributed by atoms with van der Waals surface area (Å²) in [6.45, 7) is 2.21. The van der Waals surface area contributed by atoms with Crippen molar-refractivity contribution in [1.29, 1.82) is 0 Å². The summed E-state index contributed by atoms with van der Waals surface area (Å²) in [5.74, 6) is -0.139. The van der Waals surface area contributed by atoms with Gasteiger partial charge in [-0.25, -0.2) is 10.2 Å². The minimum Gasteiger partial charge on any atom is -0.490 e. The second-order valence-electron chi connectivity index (χ2n) is 6.06. The maximum Gasteiger partial charge on any atom is 0.345 e. The lowest BCUT2D eigenvalue weighted by Crippen LogP contribution is -2.19. The number of esters is 1. The van der Waals surface area contributed by atoms with E-state index in [1.165, 1.54) is 17.6 Å². The van der Waals surface area contributed by atoms with Gasteiger partial charge in [-0.2, -0.15) is 5.10 Å². The molecular weight excluding hydrogens is 424 g/mol. The van der Waals surface area contributed by atoms with Crippen LogP contribution in [0.25, 0.3) is 0 Å². The van der Waals surface area contributed by atoms with E-state index in [2.05, 4.69) is 10.5 Å². The predicted molar refractivity (Wildman–Crippen MR) is 118 cm³/mol. The number of ether oxygens (including phenoxy) is 2. The molecule has 0 aliphatic heterocycles. The van der Waals surface area contributed by atoms with Crippen LogP contribution in [0.15, 0.2) is 65.1 Å². The van der Waals surface area contributed by atoms with E-state index >= 15 is 0 Å². The van der Waals surface area contributed by atoms with Crippen LogP contribution in [0.2, 0.25) is 5.02 Å². The summed E-state index contributed by atoms with van der Waals surface area (Å²) in [5.41, 5.74) is 3.43. The van der Waals surface area contributed by atoms with Crippen LogP contribution >= 0.6 is 22.9 Å². The molecule has 30 heavy (non-hydrogen) atoms. The Morgan fingerprint density at radius 1 is 1.13 bits per heavy atom. The highest BCUT2D eigenvalue weighted by atomic mass is 35.5. The van der Waals surface area contributed by atoms with E-state index < -0.39 is 5.97 Å². The van der Waals surface area contributed by atoms with Crippen molar-refractivity contribution >= 4 is 41.0 Å². The van der Waals surface area contributed by atoms with E-state index in [9.17, 15) is 9.59 Å². The molecular formula is C22H19ClN2O4S. The average Bonchev–Trinajstić information content (AvgIpc) is 3.23. The lowest BCUT2D eigenvalue weighted by atomic mass is 10.2. The van der Waals surface area contributed by atoms with Gasteiger partial charge in [0.25, 0.3) is 0 Å². The predicted octanol–water partition coefficient (Wildman–Crippen LogP) is 4.71. The Hall–Kier alpha value is -3.16. The summed E-state index contributed by atoms with van der Waals surface area (Å²) in [6, 6.07) is 15.4. The molecule has 0 spiro atoms. The van der Waals surface area contributed by atoms with Crippen LogP contribution in [0.1, 0.15) is 27.7 Å². The number of carbonyl (C=O) groups excluding carboxylic acids is 2. The van der Waals surface area contributed by atoms with Gasteiger partial charge in [-0.3, -0.25) is 4.79 Å². The van der Waals surface area contributed by atoms with E-state index in [1.54, 1.807) is 42.5 Å². The third kappa shape index (κ3) is 5.92. The second kappa shape index (κ2) is 10.6. The van der Waals surface area contributed by atoms with Crippen molar-refractivity contribution in [3.63, 3.8) is 0 Å². The number of thiophene rings is 1. The smallest absolute Gasteiger partial charge is 0.345 e. The number of nitrogens with zero attached hydrogens (tertiary/aromatic N) is 1. The molecule has 1 amide bonds. The first-order valence-electron chi connectivity index (χ1n) is 9.14. The van der Waals surface area contributed by atoms with Crippen LogP contribution < -0.4 is 14.9 Å². The summed E-state index contributed by atoms with van der Waals surface area (Å²) in [5, 5.41) is 6.20. The van der Waals surface area contributed by atoms with E-state index in [4.69, 9.17) is 21.1 Å². The maximum absolute atomic E-state index is 12.4. The monoisotopic (exact) mass is 442 g/mol. The third-order valence-electron chi connectivity index (χ3n) is 3.88. The quantitative estimate of drug-likeness (QED) is 0.237. The lowest BCUT2D eigenvalue weighted by Gasteiger charge is -2.12. The SMILES string of the molecule is CCOc1cc(/C=N\NC(=O)Cc2cccs2)ccc1OC(=O)c1ccccc1Cl. The van der Waals surface area contributed by atoms with Crippen molar-refractivity contribution in [3.8, 4) is 11.5 Å². The van der Waals surface area contributed by atoms with Gasteiger partial charge < -0.3 is 9.47 Å². The highest BCUT2D eigenvalue weighted by Crippen LogP contribution is 2.29. The molecule has 0 radical (unpaired) electrons. The Labute approximate surface area is 183 Å². The molecule has 1 heterocycles. The molecule has 0 saturated heterocycles. The van der Waals surface area contributed by atoms with Crippen molar-refractivity contribution < 1.29 is 19.1 Å². The first-order chi connectivity index (χ1) is 14.6. The first-order valence-corrected chi connectivity index (χ1v) is 10.4. The zero-order chi connectivity index (χ0) is 21.3. The minimum absolute atomic E-state index is 0.205. The summed E-state index contributed by atoms with van der Waals surface area (Å²) in [6.07, 6.45) is 1.77. The Morgan fingerprint density at radius 3 is 2.70 bits per heavy atom. The number of hydrazone groups is 1. The molecule has 0 aliphatic rings. The molecule has 0 unspecified atom stereocenters. The van der Waals surface area contributed by atoms with Crippen LogP contribution in [0.3, 0.4) is 0 Å². The molecule has 3 rings (SSSR count). The molecule has 0 aliphatic carbocycles. The number of carbonyl (C=O) groups is 2. The minimum atomic E-state index is -0.580. The molecule has 0 saturated carbocycles. The summed E-state index contributed by atoms with van der Waals surface area (Å²) in [7, 11) is 0. The van der Waals surface area contributed by atoms with E-state index in [0.29, 0.717) is 22.9 Å². The standard InChI is InChI=1S/C22H19ClN2O4S/c1-2-28-20-12-15(14-24-25-21(26)13-16-6-5-11-30-16)9-10-19(20)29-22(27)17-7-3-4-8-18(17)23/h3-12,14H,2,13H2,1H3,(H,25,26)/b24-14-. The summed E-state index contributed by atoms with van der Waals surface area (Å²) in [4.78, 5) is 25.3. The normalized spacial score (nSPS) is 10.7. The Balaban J connectivity index is 1.67. The Morgan fingerprint density at radius 2 is 1.97 bits per heavy atom. The van der Waals surface area contributed by atoms with Crippen molar-refractivity contribution in [2.24, 2.45) is 5.10 Å². The number of hydrogen-bond acceptors (Lipinski definition) is 6. The lowest BCUT2D eigenvalue weighted by molar-refractivity contribution is -0.120. The molecule has 6 nitrogen and oxygen atoms in total. The first kappa shape index (κ1) is 21.5. The van der Waals surface area contributed by atoms with Crippen LogP contribution in [0.5, 0.6) is 11.5 Å². The van der Waals surface area contributed by atoms with Gasteiger partial charge in [-0.1, -0.05) is 29.8 Å². The zero-order valence-corrected chi connectivity index (χ0v) is 17.7. The molecule has 2 aromatic carbocycles. The fourth-order valence-corrected chi connectivity index (χ4v) is 3.45. The molecule has 3 aromatic rings. The van der Waals surface area contributed by atoms with Crippen LogP contribution in [-0.4, -0.2) is 24.7 Å². The number of rotatable bonds is 8.